The number of halogens is 1. The van der Waals surface area contributed by atoms with E-state index in [9.17, 15) is 9.59 Å². The van der Waals surface area contributed by atoms with Crippen LogP contribution >= 0.6 is 27.3 Å². The molecule has 2 heterocycles. The summed E-state index contributed by atoms with van der Waals surface area (Å²) >= 11 is 4.49. The molecule has 0 saturated heterocycles. The van der Waals surface area contributed by atoms with Gasteiger partial charge in [0.2, 0.25) is 5.91 Å². The highest BCUT2D eigenvalue weighted by atomic mass is 79.9. The first-order chi connectivity index (χ1) is 8.54. The van der Waals surface area contributed by atoms with E-state index in [-0.39, 0.29) is 18.1 Å². The van der Waals surface area contributed by atoms with Crippen LogP contribution in [0.25, 0.3) is 0 Å². The lowest BCUT2D eigenvalue weighted by Gasteiger charge is -2.00. The molecular weight excluding hydrogens is 326 g/mol. The molecule has 0 aromatic carbocycles. The van der Waals surface area contributed by atoms with Crippen molar-refractivity contribution in [2.75, 3.05) is 5.32 Å². The van der Waals surface area contributed by atoms with Crippen molar-refractivity contribution in [1.82, 2.24) is 20.0 Å². The van der Waals surface area contributed by atoms with E-state index in [1.807, 2.05) is 0 Å². The van der Waals surface area contributed by atoms with Crippen molar-refractivity contribution in [2.24, 2.45) is 0 Å². The van der Waals surface area contributed by atoms with Crippen LogP contribution in [0.3, 0.4) is 0 Å². The van der Waals surface area contributed by atoms with Gasteiger partial charge in [-0.15, -0.1) is 5.10 Å². The van der Waals surface area contributed by atoms with E-state index in [0.29, 0.717) is 5.13 Å². The molecule has 10 heteroatoms. The molecule has 2 rings (SSSR count). The maximum absolute atomic E-state index is 11.6. The lowest BCUT2D eigenvalue weighted by Crippen LogP contribution is -2.19. The van der Waals surface area contributed by atoms with Crippen LogP contribution in [0.4, 0.5) is 5.13 Å². The number of aromatic carboxylic acids is 1. The first-order valence-electron chi connectivity index (χ1n) is 4.59. The number of thiazole rings is 1. The fourth-order valence-electron chi connectivity index (χ4n) is 1.09. The normalized spacial score (nSPS) is 10.3. The number of carbonyl (C=O) groups excluding carboxylic acids is 1. The van der Waals surface area contributed by atoms with Crippen LogP contribution in [0.1, 0.15) is 10.5 Å². The topological polar surface area (TPSA) is 110 Å². The molecule has 18 heavy (non-hydrogen) atoms. The highest BCUT2D eigenvalue weighted by Gasteiger charge is 2.11. The van der Waals surface area contributed by atoms with Crippen LogP contribution in [0.5, 0.6) is 0 Å². The summed E-state index contributed by atoms with van der Waals surface area (Å²) in [6.07, 6.45) is 2.75. The molecule has 0 atom stereocenters. The van der Waals surface area contributed by atoms with Gasteiger partial charge >= 0.3 is 5.97 Å². The van der Waals surface area contributed by atoms with Gasteiger partial charge in [-0.3, -0.25) is 4.79 Å². The van der Waals surface area contributed by atoms with Crippen molar-refractivity contribution in [3.05, 3.63) is 21.9 Å². The molecule has 0 aliphatic rings. The summed E-state index contributed by atoms with van der Waals surface area (Å²) in [7, 11) is 0. The summed E-state index contributed by atoms with van der Waals surface area (Å²) in [6.45, 7) is -0.128. The molecule has 2 aromatic rings. The second-order valence-electron chi connectivity index (χ2n) is 3.12. The number of aromatic nitrogens is 4. The van der Waals surface area contributed by atoms with Crippen LogP contribution in [0.15, 0.2) is 16.2 Å². The summed E-state index contributed by atoms with van der Waals surface area (Å²) in [6, 6.07) is 0. The van der Waals surface area contributed by atoms with E-state index < -0.39 is 5.97 Å². The average Bonchev–Trinajstić information content (AvgIpc) is 2.88. The van der Waals surface area contributed by atoms with Crippen molar-refractivity contribution in [1.29, 1.82) is 0 Å². The second kappa shape index (κ2) is 5.23. The molecule has 0 radical (unpaired) electrons. The van der Waals surface area contributed by atoms with Gasteiger partial charge in [-0.05, 0) is 15.9 Å². The number of carboxylic acids is 1. The van der Waals surface area contributed by atoms with Crippen LogP contribution in [-0.2, 0) is 11.3 Å². The predicted molar refractivity (Wildman–Crippen MR) is 65.4 cm³/mol. The number of carboxylic acid groups (broad SMARTS) is 1. The average molecular weight is 332 g/mol. The number of nitrogens with one attached hydrogen (secondary N) is 1. The fraction of sp³-hybridized carbons (Fsp3) is 0.125. The number of hydrogen-bond acceptors (Lipinski definition) is 6. The van der Waals surface area contributed by atoms with E-state index in [1.54, 1.807) is 6.20 Å². The minimum absolute atomic E-state index is 0.128. The van der Waals surface area contributed by atoms with Gasteiger partial charge in [0, 0.05) is 0 Å². The van der Waals surface area contributed by atoms with Gasteiger partial charge in [-0.1, -0.05) is 16.6 Å². The van der Waals surface area contributed by atoms with Gasteiger partial charge in [0.1, 0.15) is 6.54 Å². The van der Waals surface area contributed by atoms with E-state index in [0.717, 1.165) is 8.47 Å². The van der Waals surface area contributed by atoms with Gasteiger partial charge in [0.15, 0.2) is 10.8 Å². The molecule has 0 unspecified atom stereocenters. The molecule has 1 amide bonds. The fourth-order valence-corrected chi connectivity index (χ4v) is 2.21. The SMILES string of the molecule is O=C(Cn1cc(C(=O)O)nn1)Nc1ncc(Br)s1. The van der Waals surface area contributed by atoms with Crippen molar-refractivity contribution < 1.29 is 14.7 Å². The Morgan fingerprint density at radius 2 is 2.33 bits per heavy atom. The summed E-state index contributed by atoms with van der Waals surface area (Å²) in [4.78, 5) is 26.1. The Bertz CT molecular complexity index is 595. The monoisotopic (exact) mass is 331 g/mol. The summed E-state index contributed by atoms with van der Waals surface area (Å²) in [5, 5.41) is 18.6. The highest BCUT2D eigenvalue weighted by Crippen LogP contribution is 2.22. The van der Waals surface area contributed by atoms with Gasteiger partial charge in [-0.2, -0.15) is 0 Å². The molecule has 2 N–H and O–H groups in total. The van der Waals surface area contributed by atoms with Gasteiger partial charge in [0.05, 0.1) is 16.2 Å². The van der Waals surface area contributed by atoms with E-state index >= 15 is 0 Å². The Morgan fingerprint density at radius 3 is 2.89 bits per heavy atom. The number of hydrogen-bond donors (Lipinski definition) is 2. The first kappa shape index (κ1) is 12.6. The van der Waals surface area contributed by atoms with Crippen LogP contribution < -0.4 is 5.32 Å². The standard InChI is InChI=1S/C8H6BrN5O3S/c9-5-1-10-8(18-5)11-6(15)3-14-2-4(7(16)17)12-13-14/h1-2H,3H2,(H,16,17)(H,10,11,15). The molecule has 0 spiro atoms. The lowest BCUT2D eigenvalue weighted by molar-refractivity contribution is -0.116. The molecule has 0 saturated carbocycles. The van der Waals surface area contributed by atoms with Crippen molar-refractivity contribution in [3.63, 3.8) is 0 Å². The minimum Gasteiger partial charge on any atom is -0.476 e. The molecule has 0 bridgehead atoms. The zero-order valence-electron chi connectivity index (χ0n) is 8.70. The Morgan fingerprint density at radius 1 is 1.56 bits per heavy atom. The van der Waals surface area contributed by atoms with E-state index in [1.165, 1.54) is 17.5 Å². The number of amides is 1. The minimum atomic E-state index is -1.19. The smallest absolute Gasteiger partial charge is 0.358 e. The zero-order valence-corrected chi connectivity index (χ0v) is 11.1. The van der Waals surface area contributed by atoms with E-state index in [2.05, 4.69) is 36.5 Å². The third-order valence-corrected chi connectivity index (χ3v) is 3.18. The van der Waals surface area contributed by atoms with Crippen LogP contribution in [-0.4, -0.2) is 37.0 Å². The number of rotatable bonds is 4. The molecule has 94 valence electrons. The largest absolute Gasteiger partial charge is 0.476 e. The van der Waals surface area contributed by atoms with Gasteiger partial charge < -0.3 is 10.4 Å². The molecular formula is C8H6BrN5O3S. The first-order valence-corrected chi connectivity index (χ1v) is 6.20. The Balaban J connectivity index is 1.96. The van der Waals surface area contributed by atoms with Crippen LogP contribution in [0, 0.1) is 0 Å². The third-order valence-electron chi connectivity index (χ3n) is 1.79. The molecule has 0 aliphatic heterocycles. The molecule has 0 fully saturated rings. The Kier molecular flexibility index (Phi) is 3.67. The molecule has 2 aromatic heterocycles. The maximum Gasteiger partial charge on any atom is 0.358 e. The summed E-state index contributed by atoms with van der Waals surface area (Å²) in [5.41, 5.74) is -0.209. The number of anilines is 1. The molecule has 0 aliphatic carbocycles. The molecule has 8 nitrogen and oxygen atoms in total. The van der Waals surface area contributed by atoms with Crippen molar-refractivity contribution in [3.8, 4) is 0 Å². The van der Waals surface area contributed by atoms with Gasteiger partial charge in [-0.25, -0.2) is 14.5 Å². The Hall–Kier alpha value is -1.81. The lowest BCUT2D eigenvalue weighted by atomic mass is 10.5. The predicted octanol–water partition coefficient (Wildman–Crippen LogP) is 0.834. The quantitative estimate of drug-likeness (QED) is 0.858. The number of nitrogens with zero attached hydrogens (tertiary/aromatic N) is 4. The summed E-state index contributed by atoms with van der Waals surface area (Å²) in [5.74, 6) is -1.55. The van der Waals surface area contributed by atoms with Gasteiger partial charge in [0.25, 0.3) is 0 Å². The summed E-state index contributed by atoms with van der Waals surface area (Å²) < 4.78 is 1.94. The maximum atomic E-state index is 11.6. The Labute approximate surface area is 113 Å². The highest BCUT2D eigenvalue weighted by molar-refractivity contribution is 9.11. The van der Waals surface area contributed by atoms with Crippen LogP contribution in [0.2, 0.25) is 0 Å². The van der Waals surface area contributed by atoms with Crippen molar-refractivity contribution in [2.45, 2.75) is 6.54 Å². The zero-order chi connectivity index (χ0) is 13.1. The number of carbonyl (C=O) groups is 2. The third kappa shape index (κ3) is 3.11. The second-order valence-corrected chi connectivity index (χ2v) is 5.53. The van der Waals surface area contributed by atoms with Crippen molar-refractivity contribution >= 4 is 44.3 Å². The van der Waals surface area contributed by atoms with E-state index in [4.69, 9.17) is 5.11 Å².